The number of hydrogen-bond donors (Lipinski definition) is 0. The van der Waals surface area contributed by atoms with Crippen LogP contribution in [0.25, 0.3) is 0 Å². The van der Waals surface area contributed by atoms with Crippen LogP contribution in [0.1, 0.15) is 29.6 Å². The maximum Gasteiger partial charge on any atom is 0.0963 e. The van der Waals surface area contributed by atoms with Crippen LogP contribution < -0.4 is 0 Å². The Bertz CT molecular complexity index is 440. The van der Waals surface area contributed by atoms with E-state index < -0.39 is 0 Å². The minimum absolute atomic E-state index is 0.282. The van der Waals surface area contributed by atoms with Crippen LogP contribution in [0.3, 0.4) is 0 Å². The van der Waals surface area contributed by atoms with Crippen molar-refractivity contribution in [2.75, 3.05) is 0 Å². The van der Waals surface area contributed by atoms with Crippen molar-refractivity contribution >= 4 is 15.9 Å². The normalized spacial score (nSPS) is 12.6. The van der Waals surface area contributed by atoms with Gasteiger partial charge in [-0.25, -0.2) is 4.68 Å². The predicted molar refractivity (Wildman–Crippen MR) is 65.3 cm³/mol. The first-order chi connectivity index (χ1) is 7.79. The number of aromatic nitrogens is 4. The number of alkyl halides is 1. The molecule has 2 heterocycles. The summed E-state index contributed by atoms with van der Waals surface area (Å²) in [6.45, 7) is 2.77. The van der Waals surface area contributed by atoms with Crippen LogP contribution in [0.4, 0.5) is 0 Å². The van der Waals surface area contributed by atoms with Crippen molar-refractivity contribution < 1.29 is 0 Å². The Labute approximate surface area is 103 Å². The van der Waals surface area contributed by atoms with Crippen molar-refractivity contribution in [1.82, 2.24) is 20.0 Å². The summed E-state index contributed by atoms with van der Waals surface area (Å²) in [6.07, 6.45) is 4.74. The molecule has 2 rings (SSSR count). The number of nitrogens with zero attached hydrogens (tertiary/aromatic N) is 4. The molecule has 0 spiro atoms. The van der Waals surface area contributed by atoms with E-state index in [1.807, 2.05) is 29.1 Å². The second kappa shape index (κ2) is 5.21. The maximum atomic E-state index is 4.25. The van der Waals surface area contributed by atoms with E-state index >= 15 is 0 Å². The highest BCUT2D eigenvalue weighted by atomic mass is 79.9. The predicted octanol–water partition coefficient (Wildman–Crippen LogP) is 2.57. The molecule has 0 bridgehead atoms. The van der Waals surface area contributed by atoms with E-state index in [1.165, 1.54) is 0 Å². The zero-order valence-corrected chi connectivity index (χ0v) is 10.6. The molecule has 5 heteroatoms. The van der Waals surface area contributed by atoms with E-state index in [1.54, 1.807) is 6.20 Å². The molecule has 1 atom stereocenters. The Kier molecular flexibility index (Phi) is 3.66. The number of pyridine rings is 1. The van der Waals surface area contributed by atoms with Gasteiger partial charge in [-0.05, 0) is 18.6 Å². The van der Waals surface area contributed by atoms with Crippen LogP contribution >= 0.6 is 15.9 Å². The summed E-state index contributed by atoms with van der Waals surface area (Å²) in [4.78, 5) is 4.53. The number of halogens is 1. The van der Waals surface area contributed by atoms with Crippen molar-refractivity contribution in [3.05, 3.63) is 42.0 Å². The Balaban J connectivity index is 2.09. The Hall–Kier alpha value is -1.23. The van der Waals surface area contributed by atoms with Crippen LogP contribution in [0.15, 0.2) is 30.6 Å². The molecule has 0 amide bonds. The molecule has 0 aliphatic rings. The molecule has 0 radical (unpaired) electrons. The lowest BCUT2D eigenvalue weighted by molar-refractivity contribution is 0.638. The van der Waals surface area contributed by atoms with E-state index in [0.717, 1.165) is 17.8 Å². The van der Waals surface area contributed by atoms with Gasteiger partial charge in [0.15, 0.2) is 0 Å². The summed E-state index contributed by atoms with van der Waals surface area (Å²) in [5, 5.41) is 8.20. The highest BCUT2D eigenvalue weighted by Gasteiger charge is 2.09. The third-order valence-electron chi connectivity index (χ3n) is 2.29. The molecule has 0 aromatic carbocycles. The molecular weight excluding hydrogens is 268 g/mol. The van der Waals surface area contributed by atoms with Crippen molar-refractivity contribution in [3.63, 3.8) is 0 Å². The van der Waals surface area contributed by atoms with Gasteiger partial charge in [0.25, 0.3) is 0 Å². The molecule has 1 unspecified atom stereocenters. The molecule has 0 aliphatic carbocycles. The van der Waals surface area contributed by atoms with E-state index in [9.17, 15) is 0 Å². The van der Waals surface area contributed by atoms with Gasteiger partial charge in [0.05, 0.1) is 29.0 Å². The molecule has 0 saturated heterocycles. The summed E-state index contributed by atoms with van der Waals surface area (Å²) in [5.74, 6) is 0. The highest BCUT2D eigenvalue weighted by Crippen LogP contribution is 2.23. The highest BCUT2D eigenvalue weighted by molar-refractivity contribution is 9.09. The average Bonchev–Trinajstić information content (AvgIpc) is 2.78. The monoisotopic (exact) mass is 280 g/mol. The van der Waals surface area contributed by atoms with Gasteiger partial charge in [-0.1, -0.05) is 34.1 Å². The van der Waals surface area contributed by atoms with Crippen molar-refractivity contribution in [2.24, 2.45) is 0 Å². The topological polar surface area (TPSA) is 43.6 Å². The molecule has 4 nitrogen and oxygen atoms in total. The molecule has 2 aromatic heterocycles. The number of rotatable bonds is 4. The molecule has 0 saturated carbocycles. The zero-order valence-electron chi connectivity index (χ0n) is 9.05. The van der Waals surface area contributed by atoms with E-state index in [2.05, 4.69) is 38.1 Å². The van der Waals surface area contributed by atoms with Gasteiger partial charge in [0.2, 0.25) is 0 Å². The maximum absolute atomic E-state index is 4.25. The molecular formula is C11H13BrN4. The van der Waals surface area contributed by atoms with Gasteiger partial charge in [0, 0.05) is 6.20 Å². The molecule has 16 heavy (non-hydrogen) atoms. The molecule has 84 valence electrons. The van der Waals surface area contributed by atoms with Crippen molar-refractivity contribution in [2.45, 2.75) is 24.7 Å². The zero-order chi connectivity index (χ0) is 11.4. The molecule has 0 aliphatic heterocycles. The van der Waals surface area contributed by atoms with Crippen LogP contribution in [-0.2, 0) is 6.54 Å². The standard InChI is InChI=1S/C11H13BrN4/c1-2-10(12)11-8-16(15-14-11)7-9-5-3-4-6-13-9/h3-6,8,10H,2,7H2,1H3. The van der Waals surface area contributed by atoms with Gasteiger partial charge in [-0.15, -0.1) is 5.10 Å². The molecule has 0 fully saturated rings. The fourth-order valence-corrected chi connectivity index (χ4v) is 1.61. The average molecular weight is 281 g/mol. The van der Waals surface area contributed by atoms with Gasteiger partial charge < -0.3 is 0 Å². The minimum Gasteiger partial charge on any atom is -0.259 e. The van der Waals surface area contributed by atoms with Crippen molar-refractivity contribution in [3.8, 4) is 0 Å². The lowest BCUT2D eigenvalue weighted by Crippen LogP contribution is -2.01. The number of hydrogen-bond acceptors (Lipinski definition) is 3. The lowest BCUT2D eigenvalue weighted by atomic mass is 10.3. The summed E-state index contributed by atoms with van der Waals surface area (Å²) in [6, 6.07) is 5.86. The Morgan fingerprint density at radius 1 is 1.44 bits per heavy atom. The van der Waals surface area contributed by atoms with Gasteiger partial charge in [-0.2, -0.15) is 0 Å². The van der Waals surface area contributed by atoms with Crippen molar-refractivity contribution in [1.29, 1.82) is 0 Å². The van der Waals surface area contributed by atoms with Crippen LogP contribution in [0.2, 0.25) is 0 Å². The summed E-state index contributed by atoms with van der Waals surface area (Å²) in [5.41, 5.74) is 1.96. The fourth-order valence-electron chi connectivity index (χ4n) is 1.40. The fraction of sp³-hybridized carbons (Fsp3) is 0.364. The summed E-state index contributed by atoms with van der Waals surface area (Å²) in [7, 11) is 0. The quantitative estimate of drug-likeness (QED) is 0.809. The van der Waals surface area contributed by atoms with Crippen LogP contribution in [0.5, 0.6) is 0 Å². The van der Waals surface area contributed by atoms with E-state index in [0.29, 0.717) is 6.54 Å². The van der Waals surface area contributed by atoms with E-state index in [4.69, 9.17) is 0 Å². The van der Waals surface area contributed by atoms with Gasteiger partial charge >= 0.3 is 0 Å². The first kappa shape index (κ1) is 11.3. The Morgan fingerprint density at radius 2 is 2.31 bits per heavy atom. The first-order valence-corrected chi connectivity index (χ1v) is 6.15. The minimum atomic E-state index is 0.282. The summed E-state index contributed by atoms with van der Waals surface area (Å²) < 4.78 is 1.81. The lowest BCUT2D eigenvalue weighted by Gasteiger charge is -2.00. The third-order valence-corrected chi connectivity index (χ3v) is 3.40. The van der Waals surface area contributed by atoms with Gasteiger partial charge in [-0.3, -0.25) is 4.98 Å². The third kappa shape index (κ3) is 2.66. The summed E-state index contributed by atoms with van der Waals surface area (Å²) >= 11 is 3.55. The first-order valence-electron chi connectivity index (χ1n) is 5.23. The smallest absolute Gasteiger partial charge is 0.0963 e. The van der Waals surface area contributed by atoms with Crippen LogP contribution in [0, 0.1) is 0 Å². The molecule has 2 aromatic rings. The SMILES string of the molecule is CCC(Br)c1cn(Cc2ccccn2)nn1. The van der Waals surface area contributed by atoms with Gasteiger partial charge in [0.1, 0.15) is 0 Å². The Morgan fingerprint density at radius 3 is 3.00 bits per heavy atom. The van der Waals surface area contributed by atoms with E-state index in [-0.39, 0.29) is 4.83 Å². The second-order valence-electron chi connectivity index (χ2n) is 3.54. The van der Waals surface area contributed by atoms with Crippen LogP contribution in [-0.4, -0.2) is 20.0 Å². The molecule has 0 N–H and O–H groups in total. The second-order valence-corrected chi connectivity index (χ2v) is 4.64. The largest absolute Gasteiger partial charge is 0.259 e.